The number of aliphatic carboxylic acids is 1. The average Bonchev–Trinajstić information content (AvgIpc) is 3.50. The lowest BCUT2D eigenvalue weighted by molar-refractivity contribution is -0.404. The maximum absolute atomic E-state index is 12.9. The van der Waals surface area contributed by atoms with Crippen LogP contribution in [0.25, 0.3) is 0 Å². The molecular weight excluding hydrogens is 570 g/mol. The number of nitrogens with zero attached hydrogens (tertiary/aromatic N) is 1. The monoisotopic (exact) mass is 609 g/mol. The minimum Gasteiger partial charge on any atom is -0.478 e. The lowest BCUT2D eigenvalue weighted by Crippen LogP contribution is -2.68. The summed E-state index contributed by atoms with van der Waals surface area (Å²) in [7, 11) is 1.21. The summed E-state index contributed by atoms with van der Waals surface area (Å²) >= 11 is 0. The molecule has 3 heterocycles. The number of aliphatic hydroxyl groups is 6. The minimum atomic E-state index is -3.07. The molecule has 7 N–H and O–H groups in total. The van der Waals surface area contributed by atoms with E-state index in [0.29, 0.717) is 12.1 Å². The van der Waals surface area contributed by atoms with Gasteiger partial charge < -0.3 is 59.6 Å². The van der Waals surface area contributed by atoms with E-state index in [1.165, 1.54) is 19.4 Å². The third-order valence-corrected chi connectivity index (χ3v) is 7.95. The quantitative estimate of drug-likeness (QED) is 0.0901. The molecule has 1 saturated carbocycles. The summed E-state index contributed by atoms with van der Waals surface area (Å²) in [5.41, 5.74) is 1.80. The molecule has 0 aromatic rings. The average molecular weight is 610 g/mol. The highest BCUT2D eigenvalue weighted by Crippen LogP contribution is 2.39. The van der Waals surface area contributed by atoms with Crippen LogP contribution in [0.5, 0.6) is 0 Å². The maximum Gasteiger partial charge on any atom is 0.337 e. The van der Waals surface area contributed by atoms with E-state index in [2.05, 4.69) is 0 Å². The Hall–Kier alpha value is -3.08. The van der Waals surface area contributed by atoms with Crippen LogP contribution in [0.15, 0.2) is 59.1 Å². The number of aliphatic hydroxyl groups excluding tert-OH is 4. The first-order chi connectivity index (χ1) is 20.5. The molecule has 0 radical (unpaired) electrons. The van der Waals surface area contributed by atoms with E-state index in [1.807, 2.05) is 6.08 Å². The number of methoxy groups -OCH3 is 1. The van der Waals surface area contributed by atoms with Crippen LogP contribution in [0.1, 0.15) is 25.7 Å². The molecule has 4 rings (SSSR count). The van der Waals surface area contributed by atoms with Gasteiger partial charge in [0.05, 0.1) is 43.6 Å². The number of rotatable bonds is 10. The maximum atomic E-state index is 12.9. The summed E-state index contributed by atoms with van der Waals surface area (Å²) in [4.78, 5) is 26.2. The van der Waals surface area contributed by atoms with Crippen molar-refractivity contribution < 1.29 is 64.3 Å². The van der Waals surface area contributed by atoms with E-state index in [0.717, 1.165) is 37.5 Å². The molecule has 14 nitrogen and oxygen atoms in total. The Bertz CT molecular complexity index is 1180. The molecule has 7 atom stereocenters. The van der Waals surface area contributed by atoms with E-state index in [-0.39, 0.29) is 24.3 Å². The number of hydrogen-bond donors (Lipinski definition) is 7. The lowest BCUT2D eigenvalue weighted by Gasteiger charge is -2.46. The molecule has 4 aliphatic rings. The third-order valence-electron chi connectivity index (χ3n) is 7.95. The summed E-state index contributed by atoms with van der Waals surface area (Å²) < 4.78 is 22.1. The second-order valence-corrected chi connectivity index (χ2v) is 10.9. The standard InChI is InChI=1S/C29H39NO13/c1-40-26(37)21-15-41-27(43-28-24(34)29(38,39)23(33)22(14-32)42-28)20(11-16-4-2-3-5-16)19(21)7-6-17-10-18(25(35)36)13-30(12-17)8-9-31/h6-7,10-11,13,15,19-20,22-24,27-28,31-34,38-39H,2-5,8-9,12,14H2,1H3,(H,35,36)/b7-6+/t19-,20+,22+,23+,24-,27-,28-/m0/s1. The highest BCUT2D eigenvalue weighted by atomic mass is 16.8. The number of allylic oxidation sites excluding steroid dienone is 2. The minimum absolute atomic E-state index is 0.0152. The lowest BCUT2D eigenvalue weighted by atomic mass is 9.81. The van der Waals surface area contributed by atoms with Gasteiger partial charge >= 0.3 is 11.9 Å². The summed E-state index contributed by atoms with van der Waals surface area (Å²) in [6, 6.07) is 0. The Morgan fingerprint density at radius 2 is 1.86 bits per heavy atom. The smallest absolute Gasteiger partial charge is 0.337 e. The van der Waals surface area contributed by atoms with Crippen molar-refractivity contribution in [2.24, 2.45) is 11.8 Å². The molecule has 1 saturated heterocycles. The van der Waals surface area contributed by atoms with E-state index in [1.54, 1.807) is 17.1 Å². The van der Waals surface area contributed by atoms with Gasteiger partial charge in [-0.3, -0.25) is 0 Å². The Kier molecular flexibility index (Phi) is 10.8. The van der Waals surface area contributed by atoms with Crippen molar-refractivity contribution in [2.75, 3.05) is 33.4 Å². The molecule has 0 bridgehead atoms. The number of carboxylic acid groups (broad SMARTS) is 1. The molecule has 238 valence electrons. The molecule has 0 aromatic carbocycles. The van der Waals surface area contributed by atoms with Crippen LogP contribution in [0.4, 0.5) is 0 Å². The SMILES string of the molecule is COC(=O)C1=CO[C@@H](O[C@@H]2O[C@H](CO)[C@@H](O)C(O)(O)[C@H]2O)[C@H](C=C2CCCC2)[C@@H]1/C=C/C1=CC(C(=O)O)=CN(CCO)C1. The van der Waals surface area contributed by atoms with Gasteiger partial charge in [0.1, 0.15) is 12.2 Å². The Labute approximate surface area is 248 Å². The third kappa shape index (κ3) is 7.36. The molecule has 0 amide bonds. The fourth-order valence-electron chi connectivity index (χ4n) is 5.62. The molecule has 1 aliphatic carbocycles. The number of carbonyl (C=O) groups is 2. The van der Waals surface area contributed by atoms with E-state index < -0.39 is 67.1 Å². The molecule has 0 unspecified atom stereocenters. The summed E-state index contributed by atoms with van der Waals surface area (Å²) in [6.07, 6.45) is 4.16. The van der Waals surface area contributed by atoms with Crippen molar-refractivity contribution in [2.45, 2.75) is 62.4 Å². The van der Waals surface area contributed by atoms with Gasteiger partial charge in [-0.15, -0.1) is 0 Å². The fourth-order valence-corrected chi connectivity index (χ4v) is 5.62. The normalized spacial score (nSPS) is 32.5. The molecule has 3 aliphatic heterocycles. The van der Waals surface area contributed by atoms with E-state index in [9.17, 15) is 45.3 Å². The largest absolute Gasteiger partial charge is 0.478 e. The Morgan fingerprint density at radius 3 is 2.49 bits per heavy atom. The Morgan fingerprint density at radius 1 is 1.14 bits per heavy atom. The number of β-amino-alcohol motifs (C(OH)–C–C–N with tert-alkyl or cyclic N) is 1. The molecule has 43 heavy (non-hydrogen) atoms. The van der Waals surface area contributed by atoms with Gasteiger partial charge in [0.25, 0.3) is 0 Å². The summed E-state index contributed by atoms with van der Waals surface area (Å²) in [5, 5.41) is 69.9. The molecular formula is C29H39NO13. The molecule has 0 aromatic heterocycles. The highest BCUT2D eigenvalue weighted by molar-refractivity contribution is 5.90. The second-order valence-electron chi connectivity index (χ2n) is 10.9. The van der Waals surface area contributed by atoms with Gasteiger partial charge in [0.2, 0.25) is 12.1 Å². The number of esters is 1. The summed E-state index contributed by atoms with van der Waals surface area (Å²) in [5.74, 6) is -6.39. The van der Waals surface area contributed by atoms with Crippen molar-refractivity contribution in [3.05, 3.63) is 59.1 Å². The van der Waals surface area contributed by atoms with Gasteiger partial charge in [-0.1, -0.05) is 23.8 Å². The van der Waals surface area contributed by atoms with E-state index >= 15 is 0 Å². The first-order valence-corrected chi connectivity index (χ1v) is 14.0. The predicted molar refractivity (Wildman–Crippen MR) is 146 cm³/mol. The van der Waals surface area contributed by atoms with Crippen LogP contribution in [0.3, 0.4) is 0 Å². The van der Waals surface area contributed by atoms with Crippen molar-refractivity contribution >= 4 is 11.9 Å². The molecule has 0 spiro atoms. The zero-order valence-electron chi connectivity index (χ0n) is 23.7. The van der Waals surface area contributed by atoms with Crippen molar-refractivity contribution in [3.63, 3.8) is 0 Å². The van der Waals surface area contributed by atoms with Gasteiger partial charge in [0, 0.05) is 25.2 Å². The number of hydrogen-bond acceptors (Lipinski definition) is 13. The van der Waals surface area contributed by atoms with Crippen LogP contribution >= 0.6 is 0 Å². The van der Waals surface area contributed by atoms with Crippen LogP contribution in [0.2, 0.25) is 0 Å². The van der Waals surface area contributed by atoms with Crippen molar-refractivity contribution in [1.29, 1.82) is 0 Å². The first kappa shape index (κ1) is 32.8. The fraction of sp³-hybridized carbons (Fsp3) is 0.586. The number of ether oxygens (including phenoxy) is 4. The topological polar surface area (TPSA) is 216 Å². The predicted octanol–water partition coefficient (Wildman–Crippen LogP) is -0.972. The van der Waals surface area contributed by atoms with Gasteiger partial charge in [-0.25, -0.2) is 9.59 Å². The Balaban J connectivity index is 1.70. The zero-order valence-corrected chi connectivity index (χ0v) is 23.7. The zero-order chi connectivity index (χ0) is 31.3. The summed E-state index contributed by atoms with van der Waals surface area (Å²) in [6.45, 7) is -0.483. The number of carbonyl (C=O) groups excluding carboxylic acids is 1. The van der Waals surface area contributed by atoms with Gasteiger partial charge in [-0.2, -0.15) is 0 Å². The van der Waals surface area contributed by atoms with Gasteiger partial charge in [-0.05, 0) is 37.3 Å². The molecule has 2 fully saturated rings. The van der Waals surface area contributed by atoms with E-state index in [4.69, 9.17) is 18.9 Å². The first-order valence-electron chi connectivity index (χ1n) is 14.0. The number of carboxylic acids is 1. The second kappa shape index (κ2) is 14.1. The van der Waals surface area contributed by atoms with Crippen LogP contribution in [-0.4, -0.2) is 123 Å². The molecule has 14 heteroatoms. The van der Waals surface area contributed by atoms with Crippen LogP contribution < -0.4 is 0 Å². The highest BCUT2D eigenvalue weighted by Gasteiger charge is 2.56. The van der Waals surface area contributed by atoms with Crippen LogP contribution in [-0.2, 0) is 28.5 Å². The van der Waals surface area contributed by atoms with Crippen molar-refractivity contribution in [3.8, 4) is 0 Å². The van der Waals surface area contributed by atoms with Gasteiger partial charge in [0.15, 0.2) is 12.4 Å². The van der Waals surface area contributed by atoms with Crippen LogP contribution in [0, 0.1) is 11.8 Å². The van der Waals surface area contributed by atoms with Crippen molar-refractivity contribution in [1.82, 2.24) is 4.90 Å².